The smallest absolute Gasteiger partial charge is 0.405 e. The molecule has 0 bridgehead atoms. The number of amides is 2. The van der Waals surface area contributed by atoms with Gasteiger partial charge in [-0.3, -0.25) is 14.2 Å². The topological polar surface area (TPSA) is 114 Å². The van der Waals surface area contributed by atoms with Gasteiger partial charge in [0.25, 0.3) is 5.56 Å². The zero-order valence-corrected chi connectivity index (χ0v) is 17.7. The fourth-order valence-electron chi connectivity index (χ4n) is 3.91. The minimum Gasteiger partial charge on any atom is -0.491 e. The highest BCUT2D eigenvalue weighted by molar-refractivity contribution is 5.84. The standard InChI is InChI=1S/C23H24N4O5/c1-15(24-23(30)31)21-25-17-9-5-10-18(32-14-13-26-12-6-11-19(26)28)20(17)22(29)27(21)16-7-3-2-4-8-16/h2-5,7-10,15,24H,6,11-14H2,1H3,(H,30,31). The molecule has 1 aliphatic heterocycles. The molecule has 0 radical (unpaired) electrons. The van der Waals surface area contributed by atoms with Crippen LogP contribution < -0.4 is 15.6 Å². The van der Waals surface area contributed by atoms with Crippen LogP contribution in [0.4, 0.5) is 4.79 Å². The number of carbonyl (C=O) groups is 2. The predicted octanol–water partition coefficient (Wildman–Crippen LogP) is 2.72. The van der Waals surface area contributed by atoms with E-state index in [1.807, 2.05) is 6.07 Å². The Hall–Kier alpha value is -3.88. The zero-order chi connectivity index (χ0) is 22.7. The third-order valence-electron chi connectivity index (χ3n) is 5.42. The van der Waals surface area contributed by atoms with E-state index in [-0.39, 0.29) is 23.9 Å². The van der Waals surface area contributed by atoms with Crippen molar-refractivity contribution < 1.29 is 19.4 Å². The molecule has 3 aromatic rings. The molecule has 0 spiro atoms. The lowest BCUT2D eigenvalue weighted by molar-refractivity contribution is -0.128. The van der Waals surface area contributed by atoms with Crippen molar-refractivity contribution in [2.24, 2.45) is 0 Å². The number of fused-ring (bicyclic) bond motifs is 1. The van der Waals surface area contributed by atoms with Crippen molar-refractivity contribution in [2.75, 3.05) is 19.7 Å². The molecule has 1 aromatic heterocycles. The molecular weight excluding hydrogens is 412 g/mol. The molecule has 2 aromatic carbocycles. The van der Waals surface area contributed by atoms with Gasteiger partial charge in [-0.25, -0.2) is 9.78 Å². The van der Waals surface area contributed by atoms with Crippen molar-refractivity contribution in [3.63, 3.8) is 0 Å². The number of carboxylic acid groups (broad SMARTS) is 1. The van der Waals surface area contributed by atoms with Crippen molar-refractivity contribution in [2.45, 2.75) is 25.8 Å². The summed E-state index contributed by atoms with van der Waals surface area (Å²) >= 11 is 0. The second kappa shape index (κ2) is 9.09. The fourth-order valence-corrected chi connectivity index (χ4v) is 3.91. The molecule has 2 amide bonds. The van der Waals surface area contributed by atoms with E-state index >= 15 is 0 Å². The normalized spacial score (nSPS) is 14.5. The summed E-state index contributed by atoms with van der Waals surface area (Å²) in [5.74, 6) is 0.766. The summed E-state index contributed by atoms with van der Waals surface area (Å²) in [6, 6.07) is 13.3. The molecule has 9 heteroatoms. The van der Waals surface area contributed by atoms with Crippen molar-refractivity contribution >= 4 is 22.9 Å². The van der Waals surface area contributed by atoms with Gasteiger partial charge in [0, 0.05) is 13.0 Å². The quantitative estimate of drug-likeness (QED) is 0.589. The lowest BCUT2D eigenvalue weighted by atomic mass is 10.2. The summed E-state index contributed by atoms with van der Waals surface area (Å²) in [6.45, 7) is 3.06. The van der Waals surface area contributed by atoms with Crippen LogP contribution in [-0.4, -0.2) is 51.3 Å². The molecule has 2 N–H and O–H groups in total. The summed E-state index contributed by atoms with van der Waals surface area (Å²) < 4.78 is 7.31. The molecule has 1 aliphatic rings. The van der Waals surface area contributed by atoms with E-state index in [2.05, 4.69) is 10.3 Å². The Balaban J connectivity index is 1.77. The number of hydrogen-bond donors (Lipinski definition) is 2. The average molecular weight is 436 g/mol. The number of nitrogens with one attached hydrogen (secondary N) is 1. The highest BCUT2D eigenvalue weighted by Gasteiger charge is 2.22. The number of likely N-dealkylation sites (tertiary alicyclic amines) is 1. The molecule has 32 heavy (non-hydrogen) atoms. The maximum Gasteiger partial charge on any atom is 0.405 e. The largest absolute Gasteiger partial charge is 0.491 e. The molecule has 1 atom stereocenters. The molecule has 1 saturated heterocycles. The van der Waals surface area contributed by atoms with Gasteiger partial charge in [0.1, 0.15) is 23.6 Å². The second-order valence-corrected chi connectivity index (χ2v) is 7.60. The van der Waals surface area contributed by atoms with Crippen LogP contribution in [0.2, 0.25) is 0 Å². The first-order valence-electron chi connectivity index (χ1n) is 10.5. The van der Waals surface area contributed by atoms with Gasteiger partial charge in [-0.15, -0.1) is 0 Å². The van der Waals surface area contributed by atoms with E-state index in [9.17, 15) is 14.4 Å². The van der Waals surface area contributed by atoms with Crippen LogP contribution in [0.1, 0.15) is 31.6 Å². The summed E-state index contributed by atoms with van der Waals surface area (Å²) in [7, 11) is 0. The first-order chi connectivity index (χ1) is 15.5. The number of benzene rings is 2. The van der Waals surface area contributed by atoms with Crippen LogP contribution in [0.15, 0.2) is 53.3 Å². The van der Waals surface area contributed by atoms with Gasteiger partial charge in [0.05, 0.1) is 23.8 Å². The van der Waals surface area contributed by atoms with E-state index < -0.39 is 12.1 Å². The number of aromatic nitrogens is 2. The van der Waals surface area contributed by atoms with Gasteiger partial charge in [-0.2, -0.15) is 0 Å². The summed E-state index contributed by atoms with van der Waals surface area (Å²) in [5, 5.41) is 11.8. The fraction of sp³-hybridized carbons (Fsp3) is 0.304. The number of ether oxygens (including phenoxy) is 1. The molecule has 166 valence electrons. The van der Waals surface area contributed by atoms with Crippen LogP contribution in [-0.2, 0) is 4.79 Å². The van der Waals surface area contributed by atoms with Gasteiger partial charge in [-0.1, -0.05) is 24.3 Å². The highest BCUT2D eigenvalue weighted by atomic mass is 16.5. The Labute approximate surface area is 184 Å². The summed E-state index contributed by atoms with van der Waals surface area (Å²) in [4.78, 5) is 43.0. The van der Waals surface area contributed by atoms with Crippen molar-refractivity contribution in [3.05, 3.63) is 64.7 Å². The highest BCUT2D eigenvalue weighted by Crippen LogP contribution is 2.25. The van der Waals surface area contributed by atoms with Crippen LogP contribution >= 0.6 is 0 Å². The third kappa shape index (κ3) is 4.27. The van der Waals surface area contributed by atoms with E-state index in [1.54, 1.807) is 54.3 Å². The first kappa shape index (κ1) is 21.4. The van der Waals surface area contributed by atoms with Crippen molar-refractivity contribution in [3.8, 4) is 11.4 Å². The summed E-state index contributed by atoms with van der Waals surface area (Å²) in [5.41, 5.74) is 0.618. The van der Waals surface area contributed by atoms with Crippen LogP contribution in [0.3, 0.4) is 0 Å². The molecular formula is C23H24N4O5. The van der Waals surface area contributed by atoms with Gasteiger partial charge >= 0.3 is 6.09 Å². The molecule has 9 nitrogen and oxygen atoms in total. The molecule has 1 unspecified atom stereocenters. The molecule has 4 rings (SSSR count). The van der Waals surface area contributed by atoms with Crippen molar-refractivity contribution in [1.29, 1.82) is 0 Å². The first-order valence-corrected chi connectivity index (χ1v) is 10.5. The zero-order valence-electron chi connectivity index (χ0n) is 17.7. The Morgan fingerprint density at radius 2 is 1.97 bits per heavy atom. The molecule has 0 aliphatic carbocycles. The monoisotopic (exact) mass is 436 g/mol. The van der Waals surface area contributed by atoms with Crippen molar-refractivity contribution in [1.82, 2.24) is 19.8 Å². The van der Waals surface area contributed by atoms with Gasteiger partial charge in [-0.05, 0) is 37.6 Å². The predicted molar refractivity (Wildman–Crippen MR) is 118 cm³/mol. The van der Waals surface area contributed by atoms with E-state index in [4.69, 9.17) is 9.84 Å². The molecule has 1 fully saturated rings. The SMILES string of the molecule is CC(NC(=O)O)c1nc2cccc(OCCN3CCCC3=O)c2c(=O)n1-c1ccccc1. The number of nitrogens with zero attached hydrogens (tertiary/aromatic N) is 3. The minimum atomic E-state index is -1.21. The Bertz CT molecular complexity index is 1210. The average Bonchev–Trinajstić information content (AvgIpc) is 3.18. The Morgan fingerprint density at radius 1 is 1.19 bits per heavy atom. The Morgan fingerprint density at radius 3 is 2.66 bits per heavy atom. The van der Waals surface area contributed by atoms with Gasteiger partial charge < -0.3 is 20.1 Å². The number of hydrogen-bond acceptors (Lipinski definition) is 5. The lowest BCUT2D eigenvalue weighted by Gasteiger charge is -2.20. The maximum absolute atomic E-state index is 13.6. The number of para-hydroxylation sites is 1. The van der Waals surface area contributed by atoms with E-state index in [0.717, 1.165) is 13.0 Å². The van der Waals surface area contributed by atoms with E-state index in [0.29, 0.717) is 35.3 Å². The van der Waals surface area contributed by atoms with Gasteiger partial charge in [0.15, 0.2) is 0 Å². The second-order valence-electron chi connectivity index (χ2n) is 7.60. The van der Waals surface area contributed by atoms with E-state index in [1.165, 1.54) is 4.57 Å². The summed E-state index contributed by atoms with van der Waals surface area (Å²) in [6.07, 6.45) is 0.204. The van der Waals surface area contributed by atoms with Crippen LogP contribution in [0, 0.1) is 0 Å². The molecule has 0 saturated carbocycles. The third-order valence-corrected chi connectivity index (χ3v) is 5.42. The molecule has 2 heterocycles. The van der Waals surface area contributed by atoms with Crippen LogP contribution in [0.25, 0.3) is 16.6 Å². The maximum atomic E-state index is 13.6. The minimum absolute atomic E-state index is 0.115. The Kier molecular flexibility index (Phi) is 6.07. The van der Waals surface area contributed by atoms with Crippen LogP contribution in [0.5, 0.6) is 5.75 Å². The lowest BCUT2D eigenvalue weighted by Crippen LogP contribution is -2.32. The van der Waals surface area contributed by atoms with Gasteiger partial charge in [0.2, 0.25) is 5.91 Å². The number of carbonyl (C=O) groups excluding carboxylic acids is 1. The number of rotatable bonds is 7.